The number of aryl methyl sites for hydroxylation is 1. The van der Waals surface area contributed by atoms with Crippen LogP contribution in [0.4, 0.5) is 5.69 Å². The maximum atomic E-state index is 13.0. The molecule has 8 nitrogen and oxygen atoms in total. The van der Waals surface area contributed by atoms with Crippen LogP contribution in [-0.4, -0.2) is 46.5 Å². The van der Waals surface area contributed by atoms with E-state index < -0.39 is 0 Å². The largest absolute Gasteiger partial charge is 0.495 e. The summed E-state index contributed by atoms with van der Waals surface area (Å²) in [5.41, 5.74) is 0.795. The first kappa shape index (κ1) is 20.1. The van der Waals surface area contributed by atoms with Crippen molar-refractivity contribution in [1.82, 2.24) is 14.5 Å². The smallest absolute Gasteiger partial charge is 0.266 e. The normalized spacial score (nSPS) is 13.6. The Bertz CT molecular complexity index is 1180. The van der Waals surface area contributed by atoms with Crippen LogP contribution >= 0.6 is 11.3 Å². The van der Waals surface area contributed by atoms with Crippen molar-refractivity contribution in [2.75, 3.05) is 25.5 Å². The number of fused-ring (bicyclic) bond motifs is 1. The average molecular weight is 426 g/mol. The predicted octanol–water partition coefficient (Wildman–Crippen LogP) is 2.65. The minimum atomic E-state index is -0.334. The number of benzene rings is 1. The van der Waals surface area contributed by atoms with E-state index in [1.54, 1.807) is 30.0 Å². The van der Waals surface area contributed by atoms with Crippen molar-refractivity contribution in [1.29, 1.82) is 0 Å². The van der Waals surface area contributed by atoms with Gasteiger partial charge in [-0.3, -0.25) is 19.0 Å². The van der Waals surface area contributed by atoms with Gasteiger partial charge in [0.15, 0.2) is 0 Å². The number of rotatable bonds is 5. The Balaban J connectivity index is 1.63. The van der Waals surface area contributed by atoms with Gasteiger partial charge in [0.2, 0.25) is 5.91 Å². The van der Waals surface area contributed by atoms with Crippen LogP contribution in [0, 0.1) is 6.92 Å². The highest BCUT2D eigenvalue weighted by atomic mass is 32.1. The molecular formula is C21H22N4O4S. The number of carbonyl (C=O) groups excluding carboxylic acids is 2. The molecule has 0 saturated carbocycles. The average Bonchev–Trinajstić information content (AvgIpc) is 3.39. The van der Waals surface area contributed by atoms with Crippen LogP contribution in [0.5, 0.6) is 5.75 Å². The third kappa shape index (κ3) is 3.68. The molecule has 0 aliphatic carbocycles. The van der Waals surface area contributed by atoms with Gasteiger partial charge in [0, 0.05) is 13.1 Å². The van der Waals surface area contributed by atoms with Crippen molar-refractivity contribution >= 4 is 39.1 Å². The second-order valence-electron chi connectivity index (χ2n) is 7.16. The van der Waals surface area contributed by atoms with Crippen molar-refractivity contribution < 1.29 is 14.3 Å². The molecule has 1 aromatic carbocycles. The number of carbonyl (C=O) groups is 2. The highest BCUT2D eigenvalue weighted by molar-refractivity contribution is 7.20. The predicted molar refractivity (Wildman–Crippen MR) is 115 cm³/mol. The van der Waals surface area contributed by atoms with Crippen molar-refractivity contribution in [3.63, 3.8) is 0 Å². The molecule has 0 radical (unpaired) electrons. The molecule has 2 aromatic heterocycles. The van der Waals surface area contributed by atoms with Crippen molar-refractivity contribution in [2.45, 2.75) is 26.3 Å². The fraction of sp³-hybridized carbons (Fsp3) is 0.333. The van der Waals surface area contributed by atoms with Crippen molar-refractivity contribution in [3.8, 4) is 5.75 Å². The van der Waals surface area contributed by atoms with E-state index in [2.05, 4.69) is 10.3 Å². The first-order chi connectivity index (χ1) is 14.5. The van der Waals surface area contributed by atoms with E-state index in [9.17, 15) is 14.4 Å². The molecule has 2 amide bonds. The third-order valence-corrected chi connectivity index (χ3v) is 6.44. The lowest BCUT2D eigenvalue weighted by Gasteiger charge is -2.15. The van der Waals surface area contributed by atoms with E-state index in [0.717, 1.165) is 37.3 Å². The molecule has 1 fully saturated rings. The summed E-state index contributed by atoms with van der Waals surface area (Å²) < 4.78 is 6.60. The van der Waals surface area contributed by atoms with Gasteiger partial charge in [0.1, 0.15) is 17.1 Å². The molecular weight excluding hydrogens is 404 g/mol. The number of hydrogen-bond acceptors (Lipinski definition) is 6. The minimum Gasteiger partial charge on any atom is -0.495 e. The topological polar surface area (TPSA) is 93.5 Å². The fourth-order valence-corrected chi connectivity index (χ4v) is 4.66. The zero-order valence-corrected chi connectivity index (χ0v) is 17.6. The van der Waals surface area contributed by atoms with E-state index in [4.69, 9.17) is 4.74 Å². The monoisotopic (exact) mass is 426 g/mol. The molecule has 9 heteroatoms. The van der Waals surface area contributed by atoms with Gasteiger partial charge < -0.3 is 15.0 Å². The first-order valence-electron chi connectivity index (χ1n) is 9.70. The number of hydrogen-bond donors (Lipinski definition) is 1. The van der Waals surface area contributed by atoms with Crippen LogP contribution in [0.25, 0.3) is 10.2 Å². The van der Waals surface area contributed by atoms with Gasteiger partial charge >= 0.3 is 0 Å². The van der Waals surface area contributed by atoms with Crippen molar-refractivity contribution in [3.05, 3.63) is 51.4 Å². The number of amides is 2. The van der Waals surface area contributed by atoms with Crippen LogP contribution < -0.4 is 15.6 Å². The number of para-hydroxylation sites is 2. The quantitative estimate of drug-likeness (QED) is 0.677. The number of thiophene rings is 1. The van der Waals surface area contributed by atoms with Crippen molar-refractivity contribution in [2.24, 2.45) is 0 Å². The zero-order chi connectivity index (χ0) is 21.3. The second kappa shape index (κ2) is 8.27. The summed E-state index contributed by atoms with van der Waals surface area (Å²) in [4.78, 5) is 45.3. The van der Waals surface area contributed by atoms with Gasteiger partial charge in [-0.1, -0.05) is 12.1 Å². The number of ether oxygens (including phenoxy) is 1. The molecule has 156 valence electrons. The molecule has 0 spiro atoms. The summed E-state index contributed by atoms with van der Waals surface area (Å²) in [6, 6.07) is 7.11. The number of aromatic nitrogens is 2. The van der Waals surface area contributed by atoms with Gasteiger partial charge in [-0.2, -0.15) is 0 Å². The summed E-state index contributed by atoms with van der Waals surface area (Å²) in [6.45, 7) is 3.15. The SMILES string of the molecule is COc1ccccc1NC(=O)c1sc2ncn(CC(=O)N3CCCC3)c(=O)c2c1C. The highest BCUT2D eigenvalue weighted by Crippen LogP contribution is 2.29. The molecule has 0 atom stereocenters. The molecule has 1 aliphatic rings. The first-order valence-corrected chi connectivity index (χ1v) is 10.5. The summed E-state index contributed by atoms with van der Waals surface area (Å²) in [7, 11) is 1.53. The van der Waals surface area contributed by atoms with Gasteiger partial charge in [0.25, 0.3) is 11.5 Å². The third-order valence-electron chi connectivity index (χ3n) is 5.24. The zero-order valence-electron chi connectivity index (χ0n) is 16.8. The van der Waals surface area contributed by atoms with E-state index in [0.29, 0.717) is 32.1 Å². The molecule has 3 aromatic rings. The van der Waals surface area contributed by atoms with Crippen LogP contribution in [0.2, 0.25) is 0 Å². The van der Waals surface area contributed by atoms with Gasteiger partial charge in [0.05, 0.1) is 29.4 Å². The molecule has 0 bridgehead atoms. The Hall–Kier alpha value is -3.20. The fourth-order valence-electron chi connectivity index (χ4n) is 3.63. The maximum Gasteiger partial charge on any atom is 0.266 e. The Morgan fingerprint density at radius 3 is 2.70 bits per heavy atom. The molecule has 3 heterocycles. The van der Waals surface area contributed by atoms with Crippen LogP contribution in [0.3, 0.4) is 0 Å². The number of anilines is 1. The molecule has 1 N–H and O–H groups in total. The lowest BCUT2D eigenvalue weighted by molar-refractivity contribution is -0.130. The lowest BCUT2D eigenvalue weighted by atomic mass is 10.2. The standard InChI is InChI=1S/C21H22N4O4S/c1-13-17-20(22-12-25(21(17)28)11-16(26)24-9-5-6-10-24)30-18(13)19(27)23-14-7-3-4-8-15(14)29-2/h3-4,7-8,12H,5-6,9-11H2,1-2H3,(H,23,27). The molecule has 1 aliphatic heterocycles. The Labute approximate surface area is 177 Å². The van der Waals surface area contributed by atoms with Crippen LogP contribution in [-0.2, 0) is 11.3 Å². The van der Waals surface area contributed by atoms with Crippen LogP contribution in [0.15, 0.2) is 35.4 Å². The van der Waals surface area contributed by atoms with Gasteiger partial charge in [-0.15, -0.1) is 11.3 Å². The minimum absolute atomic E-state index is 0.0419. The summed E-state index contributed by atoms with van der Waals surface area (Å²) >= 11 is 1.16. The maximum absolute atomic E-state index is 13.0. The summed E-state index contributed by atoms with van der Waals surface area (Å²) in [5, 5.41) is 3.21. The van der Waals surface area contributed by atoms with E-state index in [-0.39, 0.29) is 23.9 Å². The molecule has 4 rings (SSSR count). The summed E-state index contributed by atoms with van der Waals surface area (Å²) in [6.07, 6.45) is 3.37. The van der Waals surface area contributed by atoms with Gasteiger partial charge in [-0.25, -0.2) is 4.98 Å². The number of nitrogens with one attached hydrogen (secondary N) is 1. The Kier molecular flexibility index (Phi) is 5.54. The van der Waals surface area contributed by atoms with Crippen LogP contribution in [0.1, 0.15) is 28.1 Å². The Morgan fingerprint density at radius 1 is 1.23 bits per heavy atom. The summed E-state index contributed by atoms with van der Waals surface area (Å²) in [5.74, 6) is 0.127. The van der Waals surface area contributed by atoms with Gasteiger partial charge in [-0.05, 0) is 37.5 Å². The highest BCUT2D eigenvalue weighted by Gasteiger charge is 2.22. The molecule has 0 unspecified atom stereocenters. The second-order valence-corrected chi connectivity index (χ2v) is 8.16. The number of methoxy groups -OCH3 is 1. The van der Waals surface area contributed by atoms with E-state index in [1.807, 2.05) is 6.07 Å². The lowest BCUT2D eigenvalue weighted by Crippen LogP contribution is -2.34. The number of nitrogens with zero attached hydrogens (tertiary/aromatic N) is 3. The number of likely N-dealkylation sites (tertiary alicyclic amines) is 1. The molecule has 1 saturated heterocycles. The van der Waals surface area contributed by atoms with E-state index >= 15 is 0 Å². The van der Waals surface area contributed by atoms with E-state index in [1.165, 1.54) is 18.0 Å². The molecule has 30 heavy (non-hydrogen) atoms. The Morgan fingerprint density at radius 2 is 1.97 bits per heavy atom.